The third-order valence-corrected chi connectivity index (χ3v) is 2.16. The fourth-order valence-electron chi connectivity index (χ4n) is 1.04. The van der Waals surface area contributed by atoms with Crippen molar-refractivity contribution < 1.29 is 9.90 Å². The van der Waals surface area contributed by atoms with E-state index in [1.807, 2.05) is 6.07 Å². The van der Waals surface area contributed by atoms with Crippen molar-refractivity contribution in [1.82, 2.24) is 5.32 Å². The summed E-state index contributed by atoms with van der Waals surface area (Å²) in [5.41, 5.74) is 0.564. The number of amides is 1. The Morgan fingerprint density at radius 2 is 2.14 bits per heavy atom. The van der Waals surface area contributed by atoms with Gasteiger partial charge in [0, 0.05) is 18.0 Å². The largest absolute Gasteiger partial charge is 0.396 e. The molecule has 14 heavy (non-hydrogen) atoms. The number of rotatable bonds is 4. The predicted octanol–water partition coefficient (Wildman–Crippen LogP) is 1.09. The SMILES string of the molecule is O=C(NCCCO)c1ccccc1S. The molecule has 0 bridgehead atoms. The van der Waals surface area contributed by atoms with Gasteiger partial charge in [-0.15, -0.1) is 12.6 Å². The Balaban J connectivity index is 2.56. The summed E-state index contributed by atoms with van der Waals surface area (Å²) >= 11 is 4.17. The van der Waals surface area contributed by atoms with Gasteiger partial charge in [-0.2, -0.15) is 0 Å². The first kappa shape index (κ1) is 11.1. The van der Waals surface area contributed by atoms with Crippen LogP contribution >= 0.6 is 12.6 Å². The number of aliphatic hydroxyl groups is 1. The van der Waals surface area contributed by atoms with E-state index in [9.17, 15) is 4.79 Å². The van der Waals surface area contributed by atoms with Gasteiger partial charge in [0.05, 0.1) is 5.56 Å². The summed E-state index contributed by atoms with van der Waals surface area (Å²) in [7, 11) is 0. The molecule has 2 N–H and O–H groups in total. The monoisotopic (exact) mass is 211 g/mol. The molecule has 1 rings (SSSR count). The van der Waals surface area contributed by atoms with Crippen molar-refractivity contribution in [2.45, 2.75) is 11.3 Å². The van der Waals surface area contributed by atoms with Crippen LogP contribution in [0.1, 0.15) is 16.8 Å². The minimum absolute atomic E-state index is 0.0861. The summed E-state index contributed by atoms with van der Waals surface area (Å²) in [5.74, 6) is -0.149. The molecule has 0 saturated carbocycles. The van der Waals surface area contributed by atoms with Crippen molar-refractivity contribution >= 4 is 18.5 Å². The molecule has 0 aliphatic heterocycles. The van der Waals surface area contributed by atoms with Crippen LogP contribution < -0.4 is 5.32 Å². The van der Waals surface area contributed by atoms with Crippen molar-refractivity contribution in [3.05, 3.63) is 29.8 Å². The number of nitrogens with one attached hydrogen (secondary N) is 1. The molecule has 0 spiro atoms. The average molecular weight is 211 g/mol. The molecule has 1 aromatic rings. The quantitative estimate of drug-likeness (QED) is 0.516. The van der Waals surface area contributed by atoms with Gasteiger partial charge in [0.25, 0.3) is 5.91 Å². The van der Waals surface area contributed by atoms with E-state index >= 15 is 0 Å². The molecule has 0 unspecified atom stereocenters. The number of benzene rings is 1. The predicted molar refractivity (Wildman–Crippen MR) is 57.7 cm³/mol. The fraction of sp³-hybridized carbons (Fsp3) is 0.300. The molecule has 1 amide bonds. The van der Waals surface area contributed by atoms with E-state index in [1.165, 1.54) is 0 Å². The Labute approximate surface area is 88.6 Å². The summed E-state index contributed by atoms with van der Waals surface area (Å²) in [6.45, 7) is 0.570. The molecule has 0 fully saturated rings. The molecule has 0 aliphatic carbocycles. The van der Waals surface area contributed by atoms with Gasteiger partial charge in [-0.25, -0.2) is 0 Å². The third-order valence-electron chi connectivity index (χ3n) is 1.77. The zero-order valence-corrected chi connectivity index (χ0v) is 8.63. The molecule has 4 heteroatoms. The highest BCUT2D eigenvalue weighted by molar-refractivity contribution is 7.80. The molecule has 76 valence electrons. The lowest BCUT2D eigenvalue weighted by atomic mass is 10.2. The molecule has 1 aromatic carbocycles. The Kier molecular flexibility index (Phi) is 4.49. The maximum absolute atomic E-state index is 11.5. The maximum Gasteiger partial charge on any atom is 0.252 e. The lowest BCUT2D eigenvalue weighted by Crippen LogP contribution is -2.25. The van der Waals surface area contributed by atoms with Crippen molar-refractivity contribution in [3.63, 3.8) is 0 Å². The van der Waals surface area contributed by atoms with E-state index in [2.05, 4.69) is 17.9 Å². The van der Waals surface area contributed by atoms with Crippen LogP contribution in [0.2, 0.25) is 0 Å². The second-order valence-corrected chi connectivity index (χ2v) is 3.33. The highest BCUT2D eigenvalue weighted by Gasteiger charge is 2.06. The zero-order valence-electron chi connectivity index (χ0n) is 7.73. The van der Waals surface area contributed by atoms with Crippen LogP contribution in [0.3, 0.4) is 0 Å². The van der Waals surface area contributed by atoms with Crippen molar-refractivity contribution in [2.75, 3.05) is 13.2 Å². The molecule has 0 radical (unpaired) electrons. The number of aliphatic hydroxyl groups excluding tert-OH is 1. The van der Waals surface area contributed by atoms with Crippen LogP contribution in [-0.2, 0) is 0 Å². The van der Waals surface area contributed by atoms with E-state index < -0.39 is 0 Å². The van der Waals surface area contributed by atoms with E-state index in [1.54, 1.807) is 18.2 Å². The van der Waals surface area contributed by atoms with Gasteiger partial charge in [0.2, 0.25) is 0 Å². The Morgan fingerprint density at radius 1 is 1.43 bits per heavy atom. The molecule has 3 nitrogen and oxygen atoms in total. The standard InChI is InChI=1S/C10H13NO2S/c12-7-3-6-11-10(13)8-4-1-2-5-9(8)14/h1-2,4-5,12,14H,3,6-7H2,(H,11,13). The zero-order chi connectivity index (χ0) is 10.4. The topological polar surface area (TPSA) is 49.3 Å². The molecule has 0 aromatic heterocycles. The van der Waals surface area contributed by atoms with Gasteiger partial charge in [-0.3, -0.25) is 4.79 Å². The Hall–Kier alpha value is -1.00. The van der Waals surface area contributed by atoms with Gasteiger partial charge in [0.1, 0.15) is 0 Å². The number of thiol groups is 1. The molecular weight excluding hydrogens is 198 g/mol. The minimum atomic E-state index is -0.149. The van der Waals surface area contributed by atoms with Crippen LogP contribution in [-0.4, -0.2) is 24.2 Å². The lowest BCUT2D eigenvalue weighted by Gasteiger charge is -2.05. The number of carbonyl (C=O) groups is 1. The van der Waals surface area contributed by atoms with E-state index in [0.717, 1.165) is 0 Å². The normalized spacial score (nSPS) is 9.86. The first-order valence-corrected chi connectivity index (χ1v) is 4.87. The summed E-state index contributed by atoms with van der Waals surface area (Å²) in [5, 5.41) is 11.2. The van der Waals surface area contributed by atoms with Crippen molar-refractivity contribution in [1.29, 1.82) is 0 Å². The third kappa shape index (κ3) is 3.05. The van der Waals surface area contributed by atoms with Crippen molar-refractivity contribution in [3.8, 4) is 0 Å². The first-order chi connectivity index (χ1) is 6.75. The summed E-state index contributed by atoms with van der Waals surface area (Å²) in [4.78, 5) is 12.2. The fourth-order valence-corrected chi connectivity index (χ4v) is 1.30. The molecule has 0 heterocycles. The van der Waals surface area contributed by atoms with Gasteiger partial charge in [0.15, 0.2) is 0 Å². The van der Waals surface area contributed by atoms with Crippen LogP contribution in [0.25, 0.3) is 0 Å². The van der Waals surface area contributed by atoms with E-state index in [0.29, 0.717) is 23.4 Å². The highest BCUT2D eigenvalue weighted by atomic mass is 32.1. The van der Waals surface area contributed by atoms with Gasteiger partial charge < -0.3 is 10.4 Å². The van der Waals surface area contributed by atoms with Gasteiger partial charge in [-0.1, -0.05) is 12.1 Å². The smallest absolute Gasteiger partial charge is 0.252 e. The van der Waals surface area contributed by atoms with Crippen molar-refractivity contribution in [2.24, 2.45) is 0 Å². The Morgan fingerprint density at radius 3 is 2.79 bits per heavy atom. The van der Waals surface area contributed by atoms with Gasteiger partial charge in [-0.05, 0) is 18.6 Å². The minimum Gasteiger partial charge on any atom is -0.396 e. The lowest BCUT2D eigenvalue weighted by molar-refractivity contribution is 0.0948. The number of carbonyl (C=O) groups excluding carboxylic acids is 1. The first-order valence-electron chi connectivity index (χ1n) is 4.42. The highest BCUT2D eigenvalue weighted by Crippen LogP contribution is 2.12. The number of hydrogen-bond acceptors (Lipinski definition) is 3. The number of hydrogen-bond donors (Lipinski definition) is 3. The summed E-state index contributed by atoms with van der Waals surface area (Å²) in [6.07, 6.45) is 0.570. The molecule has 0 atom stereocenters. The second-order valence-electron chi connectivity index (χ2n) is 2.85. The van der Waals surface area contributed by atoms with E-state index in [-0.39, 0.29) is 12.5 Å². The second kappa shape index (κ2) is 5.67. The van der Waals surface area contributed by atoms with Crippen LogP contribution in [0.4, 0.5) is 0 Å². The summed E-state index contributed by atoms with van der Waals surface area (Å²) < 4.78 is 0. The molecule has 0 saturated heterocycles. The maximum atomic E-state index is 11.5. The van der Waals surface area contributed by atoms with Crippen LogP contribution in [0.5, 0.6) is 0 Å². The molecule has 0 aliphatic rings. The van der Waals surface area contributed by atoms with Gasteiger partial charge >= 0.3 is 0 Å². The molecular formula is C10H13NO2S. The summed E-state index contributed by atoms with van der Waals surface area (Å²) in [6, 6.07) is 7.11. The average Bonchev–Trinajstić information content (AvgIpc) is 2.18. The Bertz CT molecular complexity index is 315. The van der Waals surface area contributed by atoms with E-state index in [4.69, 9.17) is 5.11 Å². The van der Waals surface area contributed by atoms with Crippen LogP contribution in [0.15, 0.2) is 29.2 Å². The van der Waals surface area contributed by atoms with Crippen LogP contribution in [0, 0.1) is 0 Å².